The summed E-state index contributed by atoms with van der Waals surface area (Å²) in [4.78, 5) is 22.6. The maximum atomic E-state index is 12.1. The van der Waals surface area contributed by atoms with Crippen molar-refractivity contribution in [2.24, 2.45) is 0 Å². The van der Waals surface area contributed by atoms with Gasteiger partial charge in [0, 0.05) is 24.8 Å². The summed E-state index contributed by atoms with van der Waals surface area (Å²) in [5.41, 5.74) is 1.13. The molecule has 0 saturated carbocycles. The lowest BCUT2D eigenvalue weighted by Crippen LogP contribution is -2.19. The Hall–Kier alpha value is -2.14. The fourth-order valence-electron chi connectivity index (χ4n) is 2.34. The Morgan fingerprint density at radius 3 is 2.67 bits per heavy atom. The number of nitrogens with one attached hydrogen (secondary N) is 1. The zero-order valence-electron chi connectivity index (χ0n) is 11.4. The fourth-order valence-corrected chi connectivity index (χ4v) is 2.51. The van der Waals surface area contributed by atoms with Gasteiger partial charge in [-0.1, -0.05) is 11.6 Å². The summed E-state index contributed by atoms with van der Waals surface area (Å²) in [5.74, 6) is 0.729. The number of hydrogen-bond acceptors (Lipinski definition) is 4. The summed E-state index contributed by atoms with van der Waals surface area (Å²) in [7, 11) is 0. The molecule has 21 heavy (non-hydrogen) atoms. The maximum absolute atomic E-state index is 12.1. The van der Waals surface area contributed by atoms with Crippen molar-refractivity contribution in [2.75, 3.05) is 23.3 Å². The van der Waals surface area contributed by atoms with Crippen molar-refractivity contribution in [3.63, 3.8) is 0 Å². The van der Waals surface area contributed by atoms with Crippen molar-refractivity contribution >= 4 is 29.0 Å². The smallest absolute Gasteiger partial charge is 0.255 e. The van der Waals surface area contributed by atoms with Gasteiger partial charge in [0.2, 0.25) is 0 Å². The van der Waals surface area contributed by atoms with E-state index in [2.05, 4.69) is 20.2 Å². The van der Waals surface area contributed by atoms with E-state index in [1.165, 1.54) is 25.1 Å². The van der Waals surface area contributed by atoms with Crippen LogP contribution in [0.2, 0.25) is 5.15 Å². The van der Waals surface area contributed by atoms with E-state index in [1.54, 1.807) is 12.3 Å². The number of rotatable bonds is 3. The van der Waals surface area contributed by atoms with Crippen molar-refractivity contribution in [1.29, 1.82) is 0 Å². The minimum Gasteiger partial charge on any atom is -0.357 e. The molecule has 2 aromatic heterocycles. The topological polar surface area (TPSA) is 58.1 Å². The maximum Gasteiger partial charge on any atom is 0.255 e. The molecule has 0 bridgehead atoms. The molecule has 1 fully saturated rings. The van der Waals surface area contributed by atoms with Crippen LogP contribution < -0.4 is 10.2 Å². The molecule has 0 aromatic carbocycles. The number of aromatic nitrogens is 2. The van der Waals surface area contributed by atoms with Gasteiger partial charge in [-0.05, 0) is 37.1 Å². The summed E-state index contributed by atoms with van der Waals surface area (Å²) in [5, 5.41) is 3.09. The molecule has 1 aliphatic heterocycles. The largest absolute Gasteiger partial charge is 0.357 e. The number of hydrogen-bond donors (Lipinski definition) is 1. The summed E-state index contributed by atoms with van der Waals surface area (Å²) in [6.45, 7) is 2.10. The Labute approximate surface area is 128 Å². The first-order valence-corrected chi connectivity index (χ1v) is 7.24. The molecule has 0 radical (unpaired) electrons. The van der Waals surface area contributed by atoms with Crippen LogP contribution in [-0.4, -0.2) is 29.0 Å². The SMILES string of the molecule is O=C(Nc1ccc(N2CCCC2)nc1)c1ccnc(Cl)c1. The van der Waals surface area contributed by atoms with Crippen LogP contribution in [0.5, 0.6) is 0 Å². The third-order valence-electron chi connectivity index (χ3n) is 3.42. The first kappa shape index (κ1) is 13.8. The highest BCUT2D eigenvalue weighted by molar-refractivity contribution is 6.29. The van der Waals surface area contributed by atoms with E-state index in [-0.39, 0.29) is 5.91 Å². The highest BCUT2D eigenvalue weighted by Gasteiger charge is 2.13. The van der Waals surface area contributed by atoms with Crippen LogP contribution in [0.1, 0.15) is 23.2 Å². The van der Waals surface area contributed by atoms with E-state index in [4.69, 9.17) is 11.6 Å². The molecule has 0 atom stereocenters. The highest BCUT2D eigenvalue weighted by Crippen LogP contribution is 2.19. The van der Waals surface area contributed by atoms with Gasteiger partial charge in [0.15, 0.2) is 0 Å². The van der Waals surface area contributed by atoms with Crippen LogP contribution in [0.3, 0.4) is 0 Å². The monoisotopic (exact) mass is 302 g/mol. The van der Waals surface area contributed by atoms with Gasteiger partial charge in [-0.15, -0.1) is 0 Å². The van der Waals surface area contributed by atoms with Gasteiger partial charge >= 0.3 is 0 Å². The standard InChI is InChI=1S/C15H15ClN4O/c16-13-9-11(5-6-17-13)15(21)19-12-3-4-14(18-10-12)20-7-1-2-8-20/h3-6,9-10H,1-2,7-8H2,(H,19,21). The van der Waals surface area contributed by atoms with E-state index >= 15 is 0 Å². The molecule has 0 unspecified atom stereocenters. The van der Waals surface area contributed by atoms with Crippen LogP contribution in [0.4, 0.5) is 11.5 Å². The molecule has 3 rings (SSSR count). The molecule has 0 spiro atoms. The Kier molecular flexibility index (Phi) is 4.01. The number of carbonyl (C=O) groups is 1. The Morgan fingerprint density at radius 2 is 2.00 bits per heavy atom. The lowest BCUT2D eigenvalue weighted by Gasteiger charge is -2.16. The second kappa shape index (κ2) is 6.10. The fraction of sp³-hybridized carbons (Fsp3) is 0.267. The second-order valence-electron chi connectivity index (χ2n) is 4.92. The normalized spacial score (nSPS) is 14.2. The summed E-state index contributed by atoms with van der Waals surface area (Å²) < 4.78 is 0. The van der Waals surface area contributed by atoms with Crippen LogP contribution in [0.15, 0.2) is 36.7 Å². The minimum atomic E-state index is -0.227. The molecule has 1 saturated heterocycles. The van der Waals surface area contributed by atoms with Gasteiger partial charge in [-0.2, -0.15) is 0 Å². The number of nitrogens with zero attached hydrogens (tertiary/aromatic N) is 3. The van der Waals surface area contributed by atoms with Crippen LogP contribution in [0.25, 0.3) is 0 Å². The first-order valence-electron chi connectivity index (χ1n) is 6.86. The van der Waals surface area contributed by atoms with Crippen LogP contribution in [0, 0.1) is 0 Å². The molecule has 1 N–H and O–H groups in total. The molecule has 6 heteroatoms. The van der Waals surface area contributed by atoms with Crippen LogP contribution >= 0.6 is 11.6 Å². The van der Waals surface area contributed by atoms with Crippen molar-refractivity contribution < 1.29 is 4.79 Å². The number of carbonyl (C=O) groups excluding carboxylic acids is 1. The predicted molar refractivity (Wildman–Crippen MR) is 82.9 cm³/mol. The molecule has 108 valence electrons. The lowest BCUT2D eigenvalue weighted by atomic mass is 10.2. The van der Waals surface area contributed by atoms with Gasteiger partial charge in [0.25, 0.3) is 5.91 Å². The van der Waals surface area contributed by atoms with E-state index < -0.39 is 0 Å². The Bertz CT molecular complexity index is 638. The van der Waals surface area contributed by atoms with Crippen molar-refractivity contribution in [3.8, 4) is 0 Å². The third-order valence-corrected chi connectivity index (χ3v) is 3.63. The second-order valence-corrected chi connectivity index (χ2v) is 5.31. The number of pyridine rings is 2. The van der Waals surface area contributed by atoms with Crippen LogP contribution in [-0.2, 0) is 0 Å². The van der Waals surface area contributed by atoms with Gasteiger partial charge < -0.3 is 10.2 Å². The zero-order valence-corrected chi connectivity index (χ0v) is 12.2. The third kappa shape index (κ3) is 3.31. The van der Waals surface area contributed by atoms with E-state index in [1.807, 2.05) is 12.1 Å². The summed E-state index contributed by atoms with van der Waals surface area (Å²) in [6.07, 6.45) is 5.60. The molecule has 1 amide bonds. The molecule has 2 aromatic rings. The number of amides is 1. The predicted octanol–water partition coefficient (Wildman–Crippen LogP) is 2.98. The van der Waals surface area contributed by atoms with Crippen molar-refractivity contribution in [1.82, 2.24) is 9.97 Å². The van der Waals surface area contributed by atoms with Crippen molar-refractivity contribution in [3.05, 3.63) is 47.4 Å². The molecular weight excluding hydrogens is 288 g/mol. The van der Waals surface area contributed by atoms with E-state index in [9.17, 15) is 4.79 Å². The van der Waals surface area contributed by atoms with Gasteiger partial charge in [0.1, 0.15) is 11.0 Å². The van der Waals surface area contributed by atoms with Gasteiger partial charge in [-0.25, -0.2) is 9.97 Å². The van der Waals surface area contributed by atoms with E-state index in [0.29, 0.717) is 16.4 Å². The number of anilines is 2. The Balaban J connectivity index is 1.68. The molecular formula is C15H15ClN4O. The quantitative estimate of drug-likeness (QED) is 0.886. The van der Waals surface area contributed by atoms with Gasteiger partial charge in [-0.3, -0.25) is 4.79 Å². The van der Waals surface area contributed by atoms with E-state index in [0.717, 1.165) is 18.9 Å². The minimum absolute atomic E-state index is 0.227. The Morgan fingerprint density at radius 1 is 1.19 bits per heavy atom. The summed E-state index contributed by atoms with van der Waals surface area (Å²) >= 11 is 5.78. The van der Waals surface area contributed by atoms with Crippen molar-refractivity contribution in [2.45, 2.75) is 12.8 Å². The molecule has 5 nitrogen and oxygen atoms in total. The lowest BCUT2D eigenvalue weighted by molar-refractivity contribution is 0.102. The van der Waals surface area contributed by atoms with Gasteiger partial charge in [0.05, 0.1) is 11.9 Å². The molecule has 0 aliphatic carbocycles. The number of halogens is 1. The zero-order chi connectivity index (χ0) is 14.7. The summed E-state index contributed by atoms with van der Waals surface area (Å²) in [6, 6.07) is 6.94. The average molecular weight is 303 g/mol. The molecule has 3 heterocycles. The highest BCUT2D eigenvalue weighted by atomic mass is 35.5. The average Bonchev–Trinajstić information content (AvgIpc) is 3.02. The molecule has 1 aliphatic rings. The first-order chi connectivity index (χ1) is 10.2.